The minimum absolute atomic E-state index is 0.00709. The van der Waals surface area contributed by atoms with Gasteiger partial charge in [0.25, 0.3) is 5.91 Å². The van der Waals surface area contributed by atoms with Crippen molar-refractivity contribution in [3.8, 4) is 5.69 Å². The van der Waals surface area contributed by atoms with Crippen molar-refractivity contribution in [3.63, 3.8) is 0 Å². The first-order valence-electron chi connectivity index (χ1n) is 7.27. The van der Waals surface area contributed by atoms with Crippen LogP contribution in [0.15, 0.2) is 42.7 Å². The fourth-order valence-electron chi connectivity index (χ4n) is 3.00. The number of amides is 1. The number of aliphatic hydroxyl groups is 1. The predicted molar refractivity (Wildman–Crippen MR) is 77.1 cm³/mol. The smallest absolute Gasteiger partial charge is 0.254 e. The zero-order valence-electron chi connectivity index (χ0n) is 11.6. The monoisotopic (exact) mass is 283 g/mol. The molecule has 1 N–H and O–H groups in total. The summed E-state index contributed by atoms with van der Waals surface area (Å²) in [6.07, 6.45) is 5.77. The van der Waals surface area contributed by atoms with Gasteiger partial charge in [-0.05, 0) is 49.1 Å². The molecule has 0 unspecified atom stereocenters. The van der Waals surface area contributed by atoms with Gasteiger partial charge in [-0.2, -0.15) is 5.10 Å². The molecule has 0 radical (unpaired) electrons. The molecular weight excluding hydrogens is 266 g/mol. The Morgan fingerprint density at radius 3 is 2.52 bits per heavy atom. The summed E-state index contributed by atoms with van der Waals surface area (Å²) in [4.78, 5) is 14.1. The van der Waals surface area contributed by atoms with E-state index in [2.05, 4.69) is 5.10 Å². The number of aromatic nitrogens is 2. The maximum absolute atomic E-state index is 12.3. The lowest BCUT2D eigenvalue weighted by molar-refractivity contribution is -0.0958. The number of benzene rings is 1. The van der Waals surface area contributed by atoms with Crippen molar-refractivity contribution in [1.82, 2.24) is 14.7 Å². The molecule has 1 aliphatic heterocycles. The van der Waals surface area contributed by atoms with Crippen molar-refractivity contribution in [2.24, 2.45) is 5.92 Å². The van der Waals surface area contributed by atoms with Crippen LogP contribution in [0.25, 0.3) is 5.69 Å². The summed E-state index contributed by atoms with van der Waals surface area (Å²) in [5, 5.41) is 14.4. The Hall–Kier alpha value is -2.14. The van der Waals surface area contributed by atoms with E-state index in [9.17, 15) is 9.90 Å². The Kier molecular flexibility index (Phi) is 2.65. The number of rotatable bonds is 3. The molecular formula is C16H17N3O2. The zero-order chi connectivity index (χ0) is 14.4. The van der Waals surface area contributed by atoms with Crippen molar-refractivity contribution >= 4 is 5.91 Å². The molecule has 1 amide bonds. The van der Waals surface area contributed by atoms with Crippen LogP contribution in [0, 0.1) is 5.92 Å². The molecule has 1 aromatic heterocycles. The van der Waals surface area contributed by atoms with E-state index < -0.39 is 5.60 Å². The number of carbonyl (C=O) groups is 1. The quantitative estimate of drug-likeness (QED) is 0.928. The summed E-state index contributed by atoms with van der Waals surface area (Å²) in [6.45, 7) is 0.939. The highest BCUT2D eigenvalue weighted by molar-refractivity contribution is 5.95. The number of hydrogen-bond acceptors (Lipinski definition) is 3. The van der Waals surface area contributed by atoms with Gasteiger partial charge in [-0.15, -0.1) is 0 Å². The number of likely N-dealkylation sites (tertiary alicyclic amines) is 1. The SMILES string of the molecule is O=C(c1ccc(-n2cccn2)cc1)N1CC(O)(C2CC2)C1. The summed E-state index contributed by atoms with van der Waals surface area (Å²) < 4.78 is 1.75. The lowest BCUT2D eigenvalue weighted by Crippen LogP contribution is -2.64. The Bertz CT molecular complexity index is 653. The van der Waals surface area contributed by atoms with Gasteiger partial charge >= 0.3 is 0 Å². The van der Waals surface area contributed by atoms with Crippen LogP contribution in [0.3, 0.4) is 0 Å². The highest BCUT2D eigenvalue weighted by atomic mass is 16.3. The van der Waals surface area contributed by atoms with Gasteiger partial charge in [-0.25, -0.2) is 4.68 Å². The second kappa shape index (κ2) is 4.43. The van der Waals surface area contributed by atoms with Gasteiger partial charge in [0.05, 0.1) is 18.8 Å². The van der Waals surface area contributed by atoms with E-state index in [1.54, 1.807) is 15.8 Å². The van der Waals surface area contributed by atoms with Crippen LogP contribution in [0.5, 0.6) is 0 Å². The fraction of sp³-hybridized carbons (Fsp3) is 0.375. The molecule has 1 aliphatic carbocycles. The molecule has 2 aromatic rings. The standard InChI is InChI=1S/C16H17N3O2/c20-15(18-10-16(21,11-18)13-4-5-13)12-2-6-14(7-3-12)19-9-1-8-17-19/h1-3,6-9,13,21H,4-5,10-11H2. The van der Waals surface area contributed by atoms with E-state index in [1.165, 1.54) is 0 Å². The average molecular weight is 283 g/mol. The molecule has 21 heavy (non-hydrogen) atoms. The molecule has 1 saturated carbocycles. The van der Waals surface area contributed by atoms with Crippen LogP contribution in [0.1, 0.15) is 23.2 Å². The summed E-state index contributed by atoms with van der Waals surface area (Å²) in [6, 6.07) is 9.25. The van der Waals surface area contributed by atoms with Crippen LogP contribution in [-0.4, -0.2) is 44.4 Å². The summed E-state index contributed by atoms with van der Waals surface area (Å²) >= 11 is 0. The van der Waals surface area contributed by atoms with E-state index in [1.807, 2.05) is 36.5 Å². The first kappa shape index (κ1) is 12.6. The zero-order valence-corrected chi connectivity index (χ0v) is 11.6. The predicted octanol–water partition coefficient (Wildman–Crippen LogP) is 1.47. The highest BCUT2D eigenvalue weighted by Crippen LogP contribution is 2.44. The number of hydrogen-bond donors (Lipinski definition) is 1. The maximum atomic E-state index is 12.3. The lowest BCUT2D eigenvalue weighted by atomic mass is 9.88. The van der Waals surface area contributed by atoms with Crippen molar-refractivity contribution < 1.29 is 9.90 Å². The first-order valence-corrected chi connectivity index (χ1v) is 7.27. The van der Waals surface area contributed by atoms with Crippen molar-refractivity contribution in [3.05, 3.63) is 48.3 Å². The van der Waals surface area contributed by atoms with Crippen LogP contribution >= 0.6 is 0 Å². The first-order chi connectivity index (χ1) is 10.2. The molecule has 2 heterocycles. The molecule has 2 aliphatic rings. The second-order valence-electron chi connectivity index (χ2n) is 6.04. The van der Waals surface area contributed by atoms with Gasteiger partial charge in [0.1, 0.15) is 5.60 Å². The normalized spacial score (nSPS) is 20.1. The Morgan fingerprint density at radius 1 is 1.24 bits per heavy atom. The van der Waals surface area contributed by atoms with Crippen molar-refractivity contribution in [1.29, 1.82) is 0 Å². The molecule has 5 nitrogen and oxygen atoms in total. The number of carbonyl (C=O) groups excluding carboxylic acids is 1. The third-order valence-corrected chi connectivity index (χ3v) is 4.44. The third kappa shape index (κ3) is 2.14. The van der Waals surface area contributed by atoms with Gasteiger partial charge in [-0.1, -0.05) is 0 Å². The molecule has 1 aromatic carbocycles. The van der Waals surface area contributed by atoms with Crippen LogP contribution < -0.4 is 0 Å². The second-order valence-corrected chi connectivity index (χ2v) is 6.04. The van der Waals surface area contributed by atoms with Crippen molar-refractivity contribution in [2.75, 3.05) is 13.1 Å². The van der Waals surface area contributed by atoms with Crippen LogP contribution in [0.2, 0.25) is 0 Å². The third-order valence-electron chi connectivity index (χ3n) is 4.44. The molecule has 5 heteroatoms. The molecule has 2 fully saturated rings. The number of β-amino-alcohol motifs (C(OH)–C–C–N with tert-alkyl or cyclic N) is 1. The lowest BCUT2D eigenvalue weighted by Gasteiger charge is -2.47. The summed E-state index contributed by atoms with van der Waals surface area (Å²) in [5.41, 5.74) is 0.961. The Balaban J connectivity index is 1.46. The van der Waals surface area contributed by atoms with Crippen molar-refractivity contribution in [2.45, 2.75) is 18.4 Å². The van der Waals surface area contributed by atoms with E-state index in [4.69, 9.17) is 0 Å². The highest BCUT2D eigenvalue weighted by Gasteiger charge is 2.53. The molecule has 0 spiro atoms. The molecule has 108 valence electrons. The maximum Gasteiger partial charge on any atom is 0.254 e. The van der Waals surface area contributed by atoms with Crippen LogP contribution in [0.4, 0.5) is 0 Å². The van der Waals surface area contributed by atoms with Gasteiger partial charge in [0, 0.05) is 18.0 Å². The van der Waals surface area contributed by atoms with E-state index in [0.717, 1.165) is 18.5 Å². The van der Waals surface area contributed by atoms with Gasteiger partial charge < -0.3 is 10.0 Å². The van der Waals surface area contributed by atoms with Gasteiger partial charge in [-0.3, -0.25) is 4.79 Å². The van der Waals surface area contributed by atoms with Crippen LogP contribution in [-0.2, 0) is 0 Å². The van der Waals surface area contributed by atoms with E-state index in [-0.39, 0.29) is 5.91 Å². The topological polar surface area (TPSA) is 58.4 Å². The largest absolute Gasteiger partial charge is 0.386 e. The Labute approximate surface area is 122 Å². The molecule has 1 saturated heterocycles. The van der Waals surface area contributed by atoms with E-state index in [0.29, 0.717) is 24.6 Å². The van der Waals surface area contributed by atoms with Gasteiger partial charge in [0.15, 0.2) is 0 Å². The molecule has 0 atom stereocenters. The summed E-state index contributed by atoms with van der Waals surface area (Å²) in [5.74, 6) is 0.399. The van der Waals surface area contributed by atoms with E-state index >= 15 is 0 Å². The van der Waals surface area contributed by atoms with Gasteiger partial charge in [0.2, 0.25) is 0 Å². The number of nitrogens with zero attached hydrogens (tertiary/aromatic N) is 3. The molecule has 0 bridgehead atoms. The Morgan fingerprint density at radius 2 is 1.95 bits per heavy atom. The minimum Gasteiger partial charge on any atom is -0.386 e. The fourth-order valence-corrected chi connectivity index (χ4v) is 3.00. The summed E-state index contributed by atoms with van der Waals surface area (Å²) in [7, 11) is 0. The minimum atomic E-state index is -0.620. The average Bonchev–Trinajstić information content (AvgIpc) is 3.19. The molecule has 4 rings (SSSR count).